The Hall–Kier alpha value is -1.65. The van der Waals surface area contributed by atoms with Crippen molar-refractivity contribution < 1.29 is 4.79 Å². The molecule has 0 radical (unpaired) electrons. The van der Waals surface area contributed by atoms with E-state index in [2.05, 4.69) is 24.4 Å². The Morgan fingerprint density at radius 3 is 2.45 bits per heavy atom. The van der Waals surface area contributed by atoms with E-state index < -0.39 is 0 Å². The maximum absolute atomic E-state index is 12.4. The summed E-state index contributed by atoms with van der Waals surface area (Å²) in [6.45, 7) is 6.01. The molecule has 1 amide bonds. The fourth-order valence-electron chi connectivity index (χ4n) is 2.45. The third-order valence-corrected chi connectivity index (χ3v) is 4.85. The number of nitrogens with one attached hydrogen (secondary N) is 1. The molecule has 0 saturated carbocycles. The summed E-state index contributed by atoms with van der Waals surface area (Å²) in [6, 6.07) is 13.8. The average molecular weight is 316 g/mol. The first kappa shape index (κ1) is 16.7. The van der Waals surface area contributed by atoms with Crippen LogP contribution in [0.2, 0.25) is 0 Å². The molecule has 0 saturated heterocycles. The first-order valence-electron chi connectivity index (χ1n) is 7.63. The van der Waals surface area contributed by atoms with Crippen molar-refractivity contribution in [3.05, 3.63) is 57.8 Å². The van der Waals surface area contributed by atoms with Gasteiger partial charge >= 0.3 is 0 Å². The van der Waals surface area contributed by atoms with Crippen LogP contribution in [0.4, 0.5) is 0 Å². The number of amides is 1. The van der Waals surface area contributed by atoms with Crippen LogP contribution in [0.1, 0.15) is 35.2 Å². The highest BCUT2D eigenvalue weighted by Crippen LogP contribution is 2.20. The van der Waals surface area contributed by atoms with Crippen molar-refractivity contribution in [2.45, 2.75) is 39.3 Å². The third kappa shape index (κ3) is 4.42. The van der Waals surface area contributed by atoms with E-state index in [0.29, 0.717) is 0 Å². The largest absolute Gasteiger partial charge is 0.353 e. The van der Waals surface area contributed by atoms with Gasteiger partial charge in [0.15, 0.2) is 0 Å². The van der Waals surface area contributed by atoms with Gasteiger partial charge in [-0.05, 0) is 31.5 Å². The van der Waals surface area contributed by atoms with Crippen LogP contribution in [0, 0.1) is 12.8 Å². The minimum Gasteiger partial charge on any atom is -0.353 e. The molecule has 0 bridgehead atoms. The normalized spacial score (nSPS) is 15.1. The molecule has 22 heavy (non-hydrogen) atoms. The van der Waals surface area contributed by atoms with Crippen LogP contribution in [-0.4, -0.2) is 11.9 Å². The Bertz CT molecular complexity index is 609. The number of nitrogens with two attached hydrogens (primary N) is 1. The minimum absolute atomic E-state index is 0.0112. The number of hydrogen-bond acceptors (Lipinski definition) is 3. The van der Waals surface area contributed by atoms with E-state index in [-0.39, 0.29) is 23.9 Å². The van der Waals surface area contributed by atoms with E-state index in [4.69, 9.17) is 5.73 Å². The van der Waals surface area contributed by atoms with E-state index in [1.54, 1.807) is 11.3 Å². The molecule has 1 aromatic carbocycles. The molecule has 3 N–H and O–H groups in total. The maximum Gasteiger partial charge on any atom is 0.224 e. The van der Waals surface area contributed by atoms with Gasteiger partial charge in [0.2, 0.25) is 5.91 Å². The average Bonchev–Trinajstić information content (AvgIpc) is 2.91. The van der Waals surface area contributed by atoms with Crippen LogP contribution in [0.15, 0.2) is 42.5 Å². The predicted octanol–water partition coefficient (Wildman–Crippen LogP) is 3.44. The number of aryl methyl sites for hydroxylation is 1. The summed E-state index contributed by atoms with van der Waals surface area (Å²) in [6.07, 6.45) is 0.859. The molecule has 2 rings (SSSR count). The number of thiophene rings is 1. The van der Waals surface area contributed by atoms with Crippen molar-refractivity contribution in [3.8, 4) is 0 Å². The molecule has 4 heteroatoms. The molecule has 118 valence electrons. The number of carbonyl (C=O) groups excluding carboxylic acids is 1. The Kier molecular flexibility index (Phi) is 5.75. The highest BCUT2D eigenvalue weighted by atomic mass is 32.1. The number of hydrogen-bond donors (Lipinski definition) is 2. The van der Waals surface area contributed by atoms with Crippen molar-refractivity contribution in [2.75, 3.05) is 0 Å². The molecular formula is C18H24N2OS. The first-order chi connectivity index (χ1) is 10.5. The maximum atomic E-state index is 12.4. The van der Waals surface area contributed by atoms with Gasteiger partial charge < -0.3 is 11.1 Å². The molecule has 0 aliphatic carbocycles. The summed E-state index contributed by atoms with van der Waals surface area (Å²) in [5.74, 6) is -0.243. The molecule has 1 heterocycles. The van der Waals surface area contributed by atoms with Crippen LogP contribution < -0.4 is 11.1 Å². The molecular weight excluding hydrogens is 292 g/mol. The van der Waals surface area contributed by atoms with E-state index in [9.17, 15) is 4.79 Å². The summed E-state index contributed by atoms with van der Waals surface area (Å²) in [5.41, 5.74) is 7.20. The van der Waals surface area contributed by atoms with Crippen LogP contribution in [0.5, 0.6) is 0 Å². The Labute approximate surface area is 136 Å². The van der Waals surface area contributed by atoms with Gasteiger partial charge in [-0.3, -0.25) is 4.79 Å². The first-order valence-corrected chi connectivity index (χ1v) is 8.45. The molecule has 1 aromatic heterocycles. The second-order valence-corrected chi connectivity index (χ2v) is 7.22. The SMILES string of the molecule is Cc1ccc(CC(C)NC(=O)C(C)C(N)c2ccccc2)s1. The second kappa shape index (κ2) is 7.56. The van der Waals surface area contributed by atoms with Crippen LogP contribution in [0.3, 0.4) is 0 Å². The Morgan fingerprint density at radius 1 is 1.18 bits per heavy atom. The van der Waals surface area contributed by atoms with Crippen molar-refractivity contribution in [2.24, 2.45) is 11.7 Å². The van der Waals surface area contributed by atoms with E-state index >= 15 is 0 Å². The fraction of sp³-hybridized carbons (Fsp3) is 0.389. The van der Waals surface area contributed by atoms with Crippen molar-refractivity contribution in [1.82, 2.24) is 5.32 Å². The topological polar surface area (TPSA) is 55.1 Å². The lowest BCUT2D eigenvalue weighted by Gasteiger charge is -2.22. The molecule has 0 aliphatic rings. The van der Waals surface area contributed by atoms with Crippen LogP contribution >= 0.6 is 11.3 Å². The zero-order valence-electron chi connectivity index (χ0n) is 13.4. The lowest BCUT2D eigenvalue weighted by atomic mass is 9.94. The van der Waals surface area contributed by atoms with E-state index in [0.717, 1.165) is 12.0 Å². The molecule has 0 fully saturated rings. The molecule has 3 unspecified atom stereocenters. The van der Waals surface area contributed by atoms with Gasteiger partial charge in [0.25, 0.3) is 0 Å². The highest BCUT2D eigenvalue weighted by Gasteiger charge is 2.23. The zero-order chi connectivity index (χ0) is 16.1. The summed E-state index contributed by atoms with van der Waals surface area (Å²) in [4.78, 5) is 15.0. The van der Waals surface area contributed by atoms with Gasteiger partial charge in [-0.2, -0.15) is 0 Å². The molecule has 2 aromatic rings. The quantitative estimate of drug-likeness (QED) is 0.858. The summed E-state index contributed by atoms with van der Waals surface area (Å²) in [7, 11) is 0. The monoisotopic (exact) mass is 316 g/mol. The van der Waals surface area contributed by atoms with Crippen molar-refractivity contribution in [3.63, 3.8) is 0 Å². The standard InChI is InChI=1S/C18H24N2OS/c1-12(11-16-10-9-13(2)22-16)20-18(21)14(3)17(19)15-7-5-4-6-8-15/h4-10,12,14,17H,11,19H2,1-3H3,(H,20,21). The van der Waals surface area contributed by atoms with Gasteiger partial charge in [-0.25, -0.2) is 0 Å². The van der Waals surface area contributed by atoms with Gasteiger partial charge in [0, 0.05) is 28.3 Å². The van der Waals surface area contributed by atoms with Gasteiger partial charge in [-0.15, -0.1) is 11.3 Å². The lowest BCUT2D eigenvalue weighted by Crippen LogP contribution is -2.40. The van der Waals surface area contributed by atoms with Crippen LogP contribution in [-0.2, 0) is 11.2 Å². The molecule has 3 nitrogen and oxygen atoms in total. The predicted molar refractivity (Wildman–Crippen MR) is 92.9 cm³/mol. The van der Waals surface area contributed by atoms with Gasteiger partial charge in [0.1, 0.15) is 0 Å². The molecule has 0 spiro atoms. The van der Waals surface area contributed by atoms with E-state index in [1.165, 1.54) is 9.75 Å². The number of rotatable bonds is 6. The smallest absolute Gasteiger partial charge is 0.224 e. The number of carbonyl (C=O) groups is 1. The third-order valence-electron chi connectivity index (χ3n) is 3.83. The Balaban J connectivity index is 1.90. The molecule has 0 aliphatic heterocycles. The van der Waals surface area contributed by atoms with Crippen LogP contribution in [0.25, 0.3) is 0 Å². The molecule has 3 atom stereocenters. The minimum atomic E-state index is -0.280. The fourth-order valence-corrected chi connectivity index (χ4v) is 3.47. The second-order valence-electron chi connectivity index (χ2n) is 5.85. The summed E-state index contributed by atoms with van der Waals surface area (Å²) >= 11 is 1.78. The summed E-state index contributed by atoms with van der Waals surface area (Å²) in [5, 5.41) is 3.08. The van der Waals surface area contributed by atoms with E-state index in [1.807, 2.05) is 44.2 Å². The van der Waals surface area contributed by atoms with Crippen molar-refractivity contribution in [1.29, 1.82) is 0 Å². The number of benzene rings is 1. The Morgan fingerprint density at radius 2 is 1.86 bits per heavy atom. The highest BCUT2D eigenvalue weighted by molar-refractivity contribution is 7.11. The zero-order valence-corrected chi connectivity index (χ0v) is 14.2. The van der Waals surface area contributed by atoms with Gasteiger partial charge in [0.05, 0.1) is 5.92 Å². The van der Waals surface area contributed by atoms with Gasteiger partial charge in [-0.1, -0.05) is 37.3 Å². The lowest BCUT2D eigenvalue weighted by molar-refractivity contribution is -0.125. The van der Waals surface area contributed by atoms with Crippen molar-refractivity contribution >= 4 is 17.2 Å². The summed E-state index contributed by atoms with van der Waals surface area (Å²) < 4.78 is 0.